The minimum Gasteiger partial charge on any atom is -0.364 e. The van der Waals surface area contributed by atoms with E-state index in [0.29, 0.717) is 5.65 Å². The molecule has 0 radical (unpaired) electrons. The number of hydrogen-bond donors (Lipinski definition) is 1. The van der Waals surface area contributed by atoms with E-state index in [1.807, 2.05) is 6.92 Å². The zero-order valence-corrected chi connectivity index (χ0v) is 7.06. The predicted molar refractivity (Wildman–Crippen MR) is 46.2 cm³/mol. The van der Waals surface area contributed by atoms with E-state index in [9.17, 15) is 4.79 Å². The van der Waals surface area contributed by atoms with Gasteiger partial charge < -0.3 is 5.73 Å². The predicted octanol–water partition coefficient (Wildman–Crippen LogP) is 0.137. The monoisotopic (exact) mass is 176 g/mol. The molecule has 0 atom stereocenters. The lowest BCUT2D eigenvalue weighted by Crippen LogP contribution is -2.14. The van der Waals surface area contributed by atoms with E-state index in [2.05, 4.69) is 10.1 Å². The number of fused-ring (bicyclic) bond motifs is 1. The first kappa shape index (κ1) is 7.72. The van der Waals surface area contributed by atoms with Gasteiger partial charge in [0.25, 0.3) is 5.91 Å². The van der Waals surface area contributed by atoms with Gasteiger partial charge >= 0.3 is 0 Å². The van der Waals surface area contributed by atoms with E-state index >= 15 is 0 Å². The van der Waals surface area contributed by atoms with Crippen LogP contribution in [0, 0.1) is 6.92 Å². The quantitative estimate of drug-likeness (QED) is 0.671. The molecule has 2 rings (SSSR count). The van der Waals surface area contributed by atoms with Crippen molar-refractivity contribution in [1.82, 2.24) is 14.6 Å². The summed E-state index contributed by atoms with van der Waals surface area (Å²) in [6, 6.07) is 3.27. The summed E-state index contributed by atoms with van der Waals surface area (Å²) in [5.74, 6) is -0.534. The van der Waals surface area contributed by atoms with E-state index < -0.39 is 5.91 Å². The topological polar surface area (TPSA) is 73.3 Å². The molecular formula is C8H8N4O. The number of aryl methyl sites for hydroxylation is 1. The molecule has 0 aliphatic heterocycles. The molecule has 2 aromatic rings. The van der Waals surface area contributed by atoms with Crippen molar-refractivity contribution >= 4 is 11.6 Å². The molecule has 66 valence electrons. The summed E-state index contributed by atoms with van der Waals surface area (Å²) >= 11 is 0. The fourth-order valence-corrected chi connectivity index (χ4v) is 1.13. The van der Waals surface area contributed by atoms with Crippen molar-refractivity contribution in [3.05, 3.63) is 29.7 Å². The van der Waals surface area contributed by atoms with Crippen LogP contribution in [0.25, 0.3) is 5.65 Å². The number of amides is 1. The molecule has 13 heavy (non-hydrogen) atoms. The molecule has 2 N–H and O–H groups in total. The zero-order valence-electron chi connectivity index (χ0n) is 7.06. The Morgan fingerprint density at radius 2 is 2.31 bits per heavy atom. The minimum atomic E-state index is -0.534. The van der Waals surface area contributed by atoms with Gasteiger partial charge in [0.15, 0.2) is 5.65 Å². The highest BCUT2D eigenvalue weighted by atomic mass is 16.1. The summed E-state index contributed by atoms with van der Waals surface area (Å²) in [7, 11) is 0. The van der Waals surface area contributed by atoms with E-state index in [1.54, 1.807) is 18.3 Å². The van der Waals surface area contributed by atoms with Crippen molar-refractivity contribution in [1.29, 1.82) is 0 Å². The van der Waals surface area contributed by atoms with Gasteiger partial charge in [-0.2, -0.15) is 5.10 Å². The van der Waals surface area contributed by atoms with Crippen molar-refractivity contribution in [2.24, 2.45) is 5.73 Å². The molecule has 0 bridgehead atoms. The molecule has 0 aliphatic carbocycles. The average Bonchev–Trinajstić information content (AvgIpc) is 2.42. The van der Waals surface area contributed by atoms with Crippen molar-refractivity contribution in [3.63, 3.8) is 0 Å². The number of hydrogen-bond acceptors (Lipinski definition) is 3. The van der Waals surface area contributed by atoms with Crippen LogP contribution >= 0.6 is 0 Å². The Kier molecular flexibility index (Phi) is 1.51. The van der Waals surface area contributed by atoms with Gasteiger partial charge in [-0.25, -0.2) is 9.50 Å². The van der Waals surface area contributed by atoms with Crippen molar-refractivity contribution in [3.8, 4) is 0 Å². The Hall–Kier alpha value is -1.91. The van der Waals surface area contributed by atoms with Crippen LogP contribution in [0.15, 0.2) is 18.3 Å². The molecule has 0 saturated carbocycles. The average molecular weight is 176 g/mol. The third-order valence-electron chi connectivity index (χ3n) is 1.69. The lowest BCUT2D eigenvalue weighted by Gasteiger charge is -1.94. The summed E-state index contributed by atoms with van der Waals surface area (Å²) in [5.41, 5.74) is 6.88. The van der Waals surface area contributed by atoms with E-state index in [0.717, 1.165) is 5.69 Å². The first-order valence-electron chi connectivity index (χ1n) is 3.79. The van der Waals surface area contributed by atoms with Crippen LogP contribution < -0.4 is 5.73 Å². The number of imidazole rings is 1. The Morgan fingerprint density at radius 1 is 1.54 bits per heavy atom. The number of nitrogens with two attached hydrogens (primary N) is 1. The highest BCUT2D eigenvalue weighted by Crippen LogP contribution is 2.02. The number of aromatic nitrogens is 3. The highest BCUT2D eigenvalue weighted by Gasteiger charge is 2.04. The zero-order chi connectivity index (χ0) is 9.42. The van der Waals surface area contributed by atoms with E-state index in [4.69, 9.17) is 5.73 Å². The smallest absolute Gasteiger partial charge is 0.269 e. The summed E-state index contributed by atoms with van der Waals surface area (Å²) in [6.45, 7) is 1.86. The molecule has 0 unspecified atom stereocenters. The fourth-order valence-electron chi connectivity index (χ4n) is 1.13. The lowest BCUT2D eigenvalue weighted by molar-refractivity contribution is 0.0994. The number of rotatable bonds is 1. The third kappa shape index (κ3) is 1.24. The van der Waals surface area contributed by atoms with Crippen LogP contribution in [-0.4, -0.2) is 20.5 Å². The Balaban J connectivity index is 2.67. The largest absolute Gasteiger partial charge is 0.364 e. The molecule has 0 fully saturated rings. The Morgan fingerprint density at radius 3 is 3.00 bits per heavy atom. The second kappa shape index (κ2) is 2.55. The molecule has 0 spiro atoms. The first-order chi connectivity index (χ1) is 6.16. The summed E-state index contributed by atoms with van der Waals surface area (Å²) in [6.07, 6.45) is 1.74. The summed E-state index contributed by atoms with van der Waals surface area (Å²) in [5, 5.41) is 3.98. The second-order valence-corrected chi connectivity index (χ2v) is 2.77. The number of carbonyl (C=O) groups excluding carboxylic acids is 1. The maximum Gasteiger partial charge on any atom is 0.269 e. The summed E-state index contributed by atoms with van der Waals surface area (Å²) < 4.78 is 1.54. The van der Waals surface area contributed by atoms with Crippen LogP contribution in [0.5, 0.6) is 0 Å². The van der Waals surface area contributed by atoms with Gasteiger partial charge in [0.1, 0.15) is 5.69 Å². The summed E-state index contributed by atoms with van der Waals surface area (Å²) in [4.78, 5) is 14.9. The van der Waals surface area contributed by atoms with Gasteiger partial charge in [0, 0.05) is 0 Å². The minimum absolute atomic E-state index is 0.241. The molecule has 0 saturated heterocycles. The van der Waals surface area contributed by atoms with Gasteiger partial charge in [0.05, 0.1) is 11.9 Å². The normalized spacial score (nSPS) is 10.5. The number of nitrogens with zero attached hydrogens (tertiary/aromatic N) is 3. The van der Waals surface area contributed by atoms with Gasteiger partial charge in [-0.1, -0.05) is 0 Å². The van der Waals surface area contributed by atoms with Gasteiger partial charge in [-0.05, 0) is 19.1 Å². The molecule has 0 aliphatic rings. The highest BCUT2D eigenvalue weighted by molar-refractivity contribution is 5.90. The van der Waals surface area contributed by atoms with Crippen LogP contribution in [0.4, 0.5) is 0 Å². The van der Waals surface area contributed by atoms with Gasteiger partial charge in [-0.15, -0.1) is 0 Å². The van der Waals surface area contributed by atoms with Crippen molar-refractivity contribution in [2.45, 2.75) is 6.92 Å². The number of carbonyl (C=O) groups is 1. The Labute approximate surface area is 74.2 Å². The standard InChI is InChI=1S/C8H8N4O/c1-5-4-12-7(10-5)3-2-6(11-12)8(9)13/h2-4H,1H3,(H2,9,13). The molecular weight excluding hydrogens is 168 g/mol. The molecule has 0 aromatic carbocycles. The maximum atomic E-state index is 10.8. The fraction of sp³-hybridized carbons (Fsp3) is 0.125. The molecule has 2 heterocycles. The number of primary amides is 1. The van der Waals surface area contributed by atoms with Crippen molar-refractivity contribution < 1.29 is 4.79 Å². The van der Waals surface area contributed by atoms with Crippen LogP contribution in [0.1, 0.15) is 16.2 Å². The second-order valence-electron chi connectivity index (χ2n) is 2.77. The van der Waals surface area contributed by atoms with E-state index in [1.165, 1.54) is 4.52 Å². The molecule has 2 aromatic heterocycles. The molecule has 5 heteroatoms. The maximum absolute atomic E-state index is 10.8. The van der Waals surface area contributed by atoms with Gasteiger partial charge in [-0.3, -0.25) is 4.79 Å². The molecule has 1 amide bonds. The third-order valence-corrected chi connectivity index (χ3v) is 1.69. The van der Waals surface area contributed by atoms with Gasteiger partial charge in [0.2, 0.25) is 0 Å². The van der Waals surface area contributed by atoms with Crippen molar-refractivity contribution in [2.75, 3.05) is 0 Å². The molecule has 5 nitrogen and oxygen atoms in total. The van der Waals surface area contributed by atoms with E-state index in [-0.39, 0.29) is 5.69 Å². The first-order valence-corrected chi connectivity index (χ1v) is 3.79. The lowest BCUT2D eigenvalue weighted by atomic mass is 10.4. The van der Waals surface area contributed by atoms with Crippen LogP contribution in [0.3, 0.4) is 0 Å². The van der Waals surface area contributed by atoms with Crippen LogP contribution in [0.2, 0.25) is 0 Å². The SMILES string of the molecule is Cc1cn2nc(C(N)=O)ccc2n1. The Bertz CT molecular complexity index is 474. The van der Waals surface area contributed by atoms with Crippen LogP contribution in [-0.2, 0) is 0 Å².